The van der Waals surface area contributed by atoms with E-state index in [0.717, 1.165) is 6.42 Å². The van der Waals surface area contributed by atoms with Gasteiger partial charge in [0.1, 0.15) is 0 Å². The van der Waals surface area contributed by atoms with Gasteiger partial charge in [0, 0.05) is 5.92 Å². The molecule has 0 heterocycles. The topological polar surface area (TPSA) is 54.4 Å². The summed E-state index contributed by atoms with van der Waals surface area (Å²) in [5.74, 6) is -0.724. The van der Waals surface area contributed by atoms with E-state index in [4.69, 9.17) is 16.7 Å². The smallest absolute Gasteiger partial charge is 0.307 e. The highest BCUT2D eigenvalue weighted by atomic mass is 35.5. The first-order valence-electron chi connectivity index (χ1n) is 4.51. The number of aliphatic carboxylic acids is 1. The zero-order valence-electron chi connectivity index (χ0n) is 7.07. The van der Waals surface area contributed by atoms with Crippen LogP contribution in [-0.2, 0) is 9.59 Å². The second-order valence-corrected chi connectivity index (χ2v) is 4.46. The van der Waals surface area contributed by atoms with Gasteiger partial charge in [-0.05, 0) is 42.7 Å². The van der Waals surface area contributed by atoms with Crippen molar-refractivity contribution in [3.05, 3.63) is 0 Å². The minimum atomic E-state index is -0.871. The second-order valence-electron chi connectivity index (χ2n) is 4.08. The molecule has 72 valence electrons. The van der Waals surface area contributed by atoms with Gasteiger partial charge >= 0.3 is 5.97 Å². The third-order valence-electron chi connectivity index (χ3n) is 3.28. The number of carboxylic acid groups (broad SMARTS) is 1. The van der Waals surface area contributed by atoms with Gasteiger partial charge in [0.25, 0.3) is 0 Å². The van der Waals surface area contributed by atoms with Crippen molar-refractivity contribution in [3.63, 3.8) is 0 Å². The molecular formula is C9H11ClO3. The third-order valence-corrected chi connectivity index (χ3v) is 3.56. The minimum absolute atomic E-state index is 0.442. The molecule has 0 radical (unpaired) electrons. The molecule has 4 atom stereocenters. The zero-order valence-corrected chi connectivity index (χ0v) is 7.83. The first-order chi connectivity index (χ1) is 6.09. The SMILES string of the molecule is O=C(O)C1CC2CC2CC1C(=O)Cl. The number of carboxylic acids is 1. The fraction of sp³-hybridized carbons (Fsp3) is 0.778. The Hall–Kier alpha value is -0.570. The third kappa shape index (κ3) is 1.57. The number of fused-ring (bicyclic) bond motifs is 1. The molecule has 0 aromatic carbocycles. The van der Waals surface area contributed by atoms with Gasteiger partial charge in [-0.15, -0.1) is 0 Å². The standard InChI is InChI=1S/C9H11ClO3/c10-8(11)6-2-4-1-5(4)3-7(6)9(12)13/h4-7H,1-3H2,(H,12,13). The van der Waals surface area contributed by atoms with E-state index >= 15 is 0 Å². The van der Waals surface area contributed by atoms with Crippen LogP contribution >= 0.6 is 11.6 Å². The summed E-state index contributed by atoms with van der Waals surface area (Å²) in [4.78, 5) is 21.8. The summed E-state index contributed by atoms with van der Waals surface area (Å²) in [6, 6.07) is 0. The highest BCUT2D eigenvalue weighted by Crippen LogP contribution is 2.53. The maximum absolute atomic E-state index is 11.0. The van der Waals surface area contributed by atoms with Gasteiger partial charge < -0.3 is 5.11 Å². The average Bonchev–Trinajstić information content (AvgIpc) is 2.78. The number of hydrogen-bond donors (Lipinski definition) is 1. The quantitative estimate of drug-likeness (QED) is 0.691. The number of hydrogen-bond acceptors (Lipinski definition) is 2. The summed E-state index contributed by atoms with van der Waals surface area (Å²) in [5, 5.41) is 8.41. The fourth-order valence-corrected chi connectivity index (χ4v) is 2.63. The van der Waals surface area contributed by atoms with E-state index in [1.807, 2.05) is 0 Å². The van der Waals surface area contributed by atoms with Crippen LogP contribution in [0.5, 0.6) is 0 Å². The molecule has 2 rings (SSSR count). The van der Waals surface area contributed by atoms with E-state index in [1.54, 1.807) is 0 Å². The van der Waals surface area contributed by atoms with Crippen LogP contribution in [0.25, 0.3) is 0 Å². The maximum atomic E-state index is 11.0. The van der Waals surface area contributed by atoms with Crippen molar-refractivity contribution < 1.29 is 14.7 Å². The predicted octanol–water partition coefficient (Wildman–Crippen LogP) is 1.50. The monoisotopic (exact) mass is 202 g/mol. The van der Waals surface area contributed by atoms with Crippen LogP contribution in [0.4, 0.5) is 0 Å². The molecule has 3 nitrogen and oxygen atoms in total. The molecule has 2 fully saturated rings. The first-order valence-corrected chi connectivity index (χ1v) is 4.89. The predicted molar refractivity (Wildman–Crippen MR) is 46.3 cm³/mol. The summed E-state index contributed by atoms with van der Waals surface area (Å²) in [6.45, 7) is 0. The molecule has 2 aliphatic rings. The van der Waals surface area contributed by atoms with Gasteiger partial charge in [0.15, 0.2) is 0 Å². The molecule has 2 saturated carbocycles. The molecular weight excluding hydrogens is 192 g/mol. The molecule has 0 aliphatic heterocycles. The molecule has 4 heteroatoms. The van der Waals surface area contributed by atoms with Crippen molar-refractivity contribution >= 4 is 22.8 Å². The van der Waals surface area contributed by atoms with E-state index < -0.39 is 23.0 Å². The summed E-state index contributed by atoms with van der Waals surface area (Å²) < 4.78 is 0. The van der Waals surface area contributed by atoms with Crippen molar-refractivity contribution in [1.29, 1.82) is 0 Å². The van der Waals surface area contributed by atoms with Crippen molar-refractivity contribution in [2.75, 3.05) is 0 Å². The van der Waals surface area contributed by atoms with Crippen LogP contribution in [0.15, 0.2) is 0 Å². The number of rotatable bonds is 2. The van der Waals surface area contributed by atoms with Crippen molar-refractivity contribution in [3.8, 4) is 0 Å². The molecule has 0 bridgehead atoms. The van der Waals surface area contributed by atoms with Gasteiger partial charge in [-0.2, -0.15) is 0 Å². The summed E-state index contributed by atoms with van der Waals surface area (Å²) in [5.41, 5.74) is 0. The Labute approximate surface area is 81.1 Å². The van der Waals surface area contributed by atoms with Gasteiger partial charge in [0.05, 0.1) is 5.92 Å². The van der Waals surface area contributed by atoms with Crippen LogP contribution in [0, 0.1) is 23.7 Å². The summed E-state index contributed by atoms with van der Waals surface area (Å²) >= 11 is 5.38. The lowest BCUT2D eigenvalue weighted by Gasteiger charge is -2.24. The highest BCUT2D eigenvalue weighted by molar-refractivity contribution is 6.64. The van der Waals surface area contributed by atoms with Crippen molar-refractivity contribution in [2.45, 2.75) is 19.3 Å². The molecule has 13 heavy (non-hydrogen) atoms. The Balaban J connectivity index is 2.12. The molecule has 4 unspecified atom stereocenters. The summed E-state index contributed by atoms with van der Waals surface area (Å²) in [7, 11) is 0. The van der Waals surface area contributed by atoms with Gasteiger partial charge in [0.2, 0.25) is 5.24 Å². The van der Waals surface area contributed by atoms with E-state index in [0.29, 0.717) is 24.7 Å². The largest absolute Gasteiger partial charge is 0.481 e. The Kier molecular flexibility index (Phi) is 2.06. The number of carbonyl (C=O) groups excluding carboxylic acids is 1. The molecule has 0 aromatic heterocycles. The minimum Gasteiger partial charge on any atom is -0.481 e. The normalized spacial score (nSPS) is 42.2. The van der Waals surface area contributed by atoms with Gasteiger partial charge in [-0.1, -0.05) is 0 Å². The van der Waals surface area contributed by atoms with E-state index in [1.165, 1.54) is 0 Å². The fourth-order valence-electron chi connectivity index (χ4n) is 2.39. The first kappa shape index (κ1) is 9.00. The van der Waals surface area contributed by atoms with E-state index in [2.05, 4.69) is 0 Å². The Morgan fingerprint density at radius 3 is 2.08 bits per heavy atom. The van der Waals surface area contributed by atoms with Gasteiger partial charge in [-0.3, -0.25) is 9.59 Å². The van der Waals surface area contributed by atoms with Crippen molar-refractivity contribution in [2.24, 2.45) is 23.7 Å². The molecule has 0 saturated heterocycles. The Morgan fingerprint density at radius 2 is 1.62 bits per heavy atom. The lowest BCUT2D eigenvalue weighted by atomic mass is 9.80. The van der Waals surface area contributed by atoms with Gasteiger partial charge in [-0.25, -0.2) is 0 Å². The van der Waals surface area contributed by atoms with Crippen LogP contribution in [-0.4, -0.2) is 16.3 Å². The van der Waals surface area contributed by atoms with Crippen LogP contribution in [0.1, 0.15) is 19.3 Å². The Morgan fingerprint density at radius 1 is 1.08 bits per heavy atom. The van der Waals surface area contributed by atoms with Crippen LogP contribution in [0.3, 0.4) is 0 Å². The molecule has 0 spiro atoms. The van der Waals surface area contributed by atoms with E-state index in [-0.39, 0.29) is 0 Å². The lowest BCUT2D eigenvalue weighted by molar-refractivity contribution is -0.147. The maximum Gasteiger partial charge on any atom is 0.307 e. The zero-order chi connectivity index (χ0) is 9.59. The molecule has 0 aromatic rings. The highest BCUT2D eigenvalue weighted by Gasteiger charge is 2.50. The van der Waals surface area contributed by atoms with Crippen molar-refractivity contribution in [1.82, 2.24) is 0 Å². The number of carbonyl (C=O) groups is 2. The van der Waals surface area contributed by atoms with Crippen LogP contribution in [0.2, 0.25) is 0 Å². The molecule has 0 amide bonds. The summed E-state index contributed by atoms with van der Waals surface area (Å²) in [6.07, 6.45) is 2.41. The second kappa shape index (κ2) is 2.98. The molecule has 2 aliphatic carbocycles. The lowest BCUT2D eigenvalue weighted by Crippen LogP contribution is -2.31. The van der Waals surface area contributed by atoms with Crippen LogP contribution < -0.4 is 0 Å². The number of halogens is 1. The van der Waals surface area contributed by atoms with E-state index in [9.17, 15) is 9.59 Å². The molecule has 1 N–H and O–H groups in total. The Bertz CT molecular complexity index is 238. The average molecular weight is 203 g/mol.